The van der Waals surface area contributed by atoms with E-state index < -0.39 is 5.97 Å². The van der Waals surface area contributed by atoms with Gasteiger partial charge in [-0.3, -0.25) is 0 Å². The standard InChI is InChI=1S/C4H6O2.C3H3N.C2H4/c1-3(2)4(5)6;1-2-3-4;1-2/h1H2,2H3,(H,5,6);2H,1H2;1-2H2. The van der Waals surface area contributed by atoms with Gasteiger partial charge < -0.3 is 5.11 Å². The Hall–Kier alpha value is -1.82. The zero-order valence-corrected chi connectivity index (χ0v) is 7.21. The van der Waals surface area contributed by atoms with Crippen molar-refractivity contribution in [3.05, 3.63) is 38.0 Å². The van der Waals surface area contributed by atoms with Crippen LogP contribution in [-0.2, 0) is 4.79 Å². The van der Waals surface area contributed by atoms with Crippen LogP contribution in [0.15, 0.2) is 38.0 Å². The number of hydrogen-bond acceptors (Lipinski definition) is 2. The molecule has 0 heterocycles. The lowest BCUT2D eigenvalue weighted by Gasteiger charge is -1.79. The maximum Gasteiger partial charge on any atom is 0.330 e. The van der Waals surface area contributed by atoms with Crippen LogP contribution in [0.3, 0.4) is 0 Å². The highest BCUT2D eigenvalue weighted by Gasteiger charge is 1.90. The van der Waals surface area contributed by atoms with Crippen LogP contribution in [0, 0.1) is 11.3 Å². The number of aliphatic carboxylic acids is 1. The lowest BCUT2D eigenvalue weighted by molar-refractivity contribution is -0.132. The lowest BCUT2D eigenvalue weighted by atomic mass is 10.4. The summed E-state index contributed by atoms with van der Waals surface area (Å²) in [6.45, 7) is 13.7. The molecule has 3 nitrogen and oxygen atoms in total. The second-order valence-electron chi connectivity index (χ2n) is 1.42. The van der Waals surface area contributed by atoms with Gasteiger partial charge in [0.2, 0.25) is 0 Å². The Morgan fingerprint density at radius 2 is 1.75 bits per heavy atom. The van der Waals surface area contributed by atoms with Crippen molar-refractivity contribution in [3.8, 4) is 6.07 Å². The number of carbonyl (C=O) groups is 1. The highest BCUT2D eigenvalue weighted by Crippen LogP contribution is 1.81. The molecule has 12 heavy (non-hydrogen) atoms. The number of nitriles is 1. The summed E-state index contributed by atoms with van der Waals surface area (Å²) >= 11 is 0. The molecule has 0 atom stereocenters. The number of carboxylic acid groups (broad SMARTS) is 1. The first-order valence-corrected chi connectivity index (χ1v) is 2.95. The molecule has 0 aliphatic heterocycles. The SMILES string of the molecule is C=C.C=C(C)C(=O)O.C=CC#N. The van der Waals surface area contributed by atoms with Crippen molar-refractivity contribution < 1.29 is 9.90 Å². The van der Waals surface area contributed by atoms with Gasteiger partial charge in [0.1, 0.15) is 0 Å². The fourth-order valence-electron chi connectivity index (χ4n) is 0. The van der Waals surface area contributed by atoms with Gasteiger partial charge in [-0.2, -0.15) is 5.26 Å². The predicted molar refractivity (Wildman–Crippen MR) is 49.5 cm³/mol. The first kappa shape index (κ1) is 16.6. The van der Waals surface area contributed by atoms with Gasteiger partial charge in [-0.15, -0.1) is 13.2 Å². The van der Waals surface area contributed by atoms with Crippen LogP contribution in [0.2, 0.25) is 0 Å². The second-order valence-corrected chi connectivity index (χ2v) is 1.42. The Kier molecular flexibility index (Phi) is 22.3. The normalized spacial score (nSPS) is 5.33. The molecule has 0 amide bonds. The van der Waals surface area contributed by atoms with Crippen LogP contribution in [0.1, 0.15) is 6.92 Å². The van der Waals surface area contributed by atoms with E-state index in [9.17, 15) is 4.79 Å². The number of carboxylic acids is 1. The summed E-state index contributed by atoms with van der Waals surface area (Å²) in [5, 5.41) is 15.4. The molecule has 0 aromatic rings. The quantitative estimate of drug-likeness (QED) is 0.369. The van der Waals surface area contributed by atoms with E-state index in [1.165, 1.54) is 13.0 Å². The Balaban J connectivity index is -0.000000118. The summed E-state index contributed by atoms with van der Waals surface area (Å²) in [4.78, 5) is 9.60. The summed E-state index contributed by atoms with van der Waals surface area (Å²) < 4.78 is 0. The van der Waals surface area contributed by atoms with Gasteiger partial charge in [0, 0.05) is 11.6 Å². The van der Waals surface area contributed by atoms with E-state index in [4.69, 9.17) is 10.4 Å². The molecule has 0 spiro atoms. The van der Waals surface area contributed by atoms with E-state index in [1.54, 1.807) is 6.07 Å². The first-order valence-electron chi connectivity index (χ1n) is 2.95. The molecule has 0 bridgehead atoms. The number of nitrogens with zero attached hydrogens (tertiary/aromatic N) is 1. The molecule has 3 heteroatoms. The molecule has 0 aliphatic carbocycles. The molecule has 1 N–H and O–H groups in total. The van der Waals surface area contributed by atoms with Crippen molar-refractivity contribution in [3.63, 3.8) is 0 Å². The van der Waals surface area contributed by atoms with E-state index in [0.717, 1.165) is 0 Å². The van der Waals surface area contributed by atoms with E-state index in [1.807, 2.05) is 0 Å². The van der Waals surface area contributed by atoms with Gasteiger partial charge in [-0.05, 0) is 6.92 Å². The Morgan fingerprint density at radius 3 is 1.75 bits per heavy atom. The third kappa shape index (κ3) is 41.7. The van der Waals surface area contributed by atoms with Crippen molar-refractivity contribution >= 4 is 5.97 Å². The van der Waals surface area contributed by atoms with E-state index in [-0.39, 0.29) is 5.57 Å². The second kappa shape index (κ2) is 16.1. The van der Waals surface area contributed by atoms with Gasteiger partial charge in [0.05, 0.1) is 6.07 Å². The minimum Gasteiger partial charge on any atom is -0.478 e. The summed E-state index contributed by atoms with van der Waals surface area (Å²) in [6, 6.07) is 1.69. The topological polar surface area (TPSA) is 61.1 Å². The van der Waals surface area contributed by atoms with Crippen LogP contribution in [0.5, 0.6) is 0 Å². The molecule has 0 aromatic heterocycles. The van der Waals surface area contributed by atoms with Crippen LogP contribution in [0.25, 0.3) is 0 Å². The third-order valence-corrected chi connectivity index (χ3v) is 0.456. The van der Waals surface area contributed by atoms with Gasteiger partial charge >= 0.3 is 5.97 Å². The Morgan fingerprint density at radius 1 is 1.58 bits per heavy atom. The lowest BCUT2D eigenvalue weighted by Crippen LogP contribution is -1.92. The summed E-state index contributed by atoms with van der Waals surface area (Å²) in [5.74, 6) is -0.935. The summed E-state index contributed by atoms with van der Waals surface area (Å²) in [6.07, 6.45) is 1.18. The number of hydrogen-bond donors (Lipinski definition) is 1. The molecular formula is C9H13NO2. The highest BCUT2D eigenvalue weighted by atomic mass is 16.4. The average molecular weight is 167 g/mol. The van der Waals surface area contributed by atoms with Crippen LogP contribution in [0.4, 0.5) is 0 Å². The van der Waals surface area contributed by atoms with Crippen LogP contribution >= 0.6 is 0 Å². The number of rotatable bonds is 1. The van der Waals surface area contributed by atoms with Crippen molar-refractivity contribution in [2.75, 3.05) is 0 Å². The average Bonchev–Trinajstić information content (AvgIpc) is 2.08. The van der Waals surface area contributed by atoms with Gasteiger partial charge in [-0.1, -0.05) is 13.2 Å². The first-order chi connectivity index (χ1) is 5.56. The van der Waals surface area contributed by atoms with Gasteiger partial charge in [0.25, 0.3) is 0 Å². The molecule has 0 fully saturated rings. The van der Waals surface area contributed by atoms with Crippen molar-refractivity contribution in [1.29, 1.82) is 5.26 Å². The van der Waals surface area contributed by atoms with E-state index in [0.29, 0.717) is 0 Å². The zero-order valence-electron chi connectivity index (χ0n) is 7.21. The molecule has 0 rings (SSSR count). The minimum atomic E-state index is -0.935. The molecule has 0 saturated carbocycles. The fourth-order valence-corrected chi connectivity index (χ4v) is 0. The Labute approximate surface area is 72.9 Å². The van der Waals surface area contributed by atoms with Crippen molar-refractivity contribution in [2.45, 2.75) is 6.92 Å². The summed E-state index contributed by atoms with van der Waals surface area (Å²) in [7, 11) is 0. The largest absolute Gasteiger partial charge is 0.478 e. The van der Waals surface area contributed by atoms with E-state index in [2.05, 4.69) is 26.3 Å². The smallest absolute Gasteiger partial charge is 0.330 e. The highest BCUT2D eigenvalue weighted by molar-refractivity contribution is 5.84. The molecular weight excluding hydrogens is 154 g/mol. The Bertz CT molecular complexity index is 177. The minimum absolute atomic E-state index is 0.176. The molecule has 0 radical (unpaired) electrons. The maximum absolute atomic E-state index is 9.60. The van der Waals surface area contributed by atoms with E-state index >= 15 is 0 Å². The van der Waals surface area contributed by atoms with Gasteiger partial charge in [-0.25, -0.2) is 4.79 Å². The number of allylic oxidation sites excluding steroid dienone is 1. The molecule has 66 valence electrons. The zero-order chi connectivity index (χ0) is 10.6. The molecule has 0 aromatic carbocycles. The van der Waals surface area contributed by atoms with Crippen molar-refractivity contribution in [2.24, 2.45) is 0 Å². The third-order valence-electron chi connectivity index (χ3n) is 0.456. The monoisotopic (exact) mass is 167 g/mol. The maximum atomic E-state index is 9.60. The van der Waals surface area contributed by atoms with Gasteiger partial charge in [0.15, 0.2) is 0 Å². The van der Waals surface area contributed by atoms with Crippen molar-refractivity contribution in [1.82, 2.24) is 0 Å². The van der Waals surface area contributed by atoms with Crippen LogP contribution in [-0.4, -0.2) is 11.1 Å². The summed E-state index contributed by atoms with van der Waals surface area (Å²) in [5.41, 5.74) is 0.176. The molecule has 0 saturated heterocycles. The predicted octanol–water partition coefficient (Wildman–Crippen LogP) is 2.15. The molecule has 0 unspecified atom stereocenters. The molecule has 0 aliphatic rings. The van der Waals surface area contributed by atoms with Crippen LogP contribution < -0.4 is 0 Å². The fraction of sp³-hybridized carbons (Fsp3) is 0.111.